The van der Waals surface area contributed by atoms with E-state index in [1.165, 1.54) is 83.7 Å². The number of rotatable bonds is 11. The Labute approximate surface area is 102 Å². The number of hydrogen-bond acceptors (Lipinski definition) is 1. The maximum Gasteiger partial charge on any atom is -0.000826 e. The van der Waals surface area contributed by atoms with Gasteiger partial charge in [-0.15, -0.1) is 0 Å². The van der Waals surface area contributed by atoms with E-state index in [2.05, 4.69) is 12.2 Å². The minimum atomic E-state index is 1.02. The van der Waals surface area contributed by atoms with Crippen molar-refractivity contribution in [3.05, 3.63) is 0 Å². The van der Waals surface area contributed by atoms with Crippen LogP contribution in [-0.2, 0) is 0 Å². The van der Waals surface area contributed by atoms with E-state index in [1.54, 1.807) is 0 Å². The summed E-state index contributed by atoms with van der Waals surface area (Å²) in [7, 11) is 0. The average molecular weight is 225 g/mol. The van der Waals surface area contributed by atoms with Gasteiger partial charge in [-0.1, -0.05) is 71.1 Å². The minimum absolute atomic E-state index is 1.02. The largest absolute Gasteiger partial charge is 0.316 e. The molecular weight excluding hydrogens is 194 g/mol. The van der Waals surface area contributed by atoms with Gasteiger partial charge in [-0.3, -0.25) is 0 Å². The number of hydrogen-bond donors (Lipinski definition) is 1. The second-order valence-electron chi connectivity index (χ2n) is 5.49. The lowest BCUT2D eigenvalue weighted by atomic mass is 9.95. The lowest BCUT2D eigenvalue weighted by Crippen LogP contribution is -2.41. The Morgan fingerprint density at radius 3 is 1.69 bits per heavy atom. The zero-order valence-electron chi connectivity index (χ0n) is 11.3. The second-order valence-corrected chi connectivity index (χ2v) is 5.49. The fraction of sp³-hybridized carbons (Fsp3) is 1.00. The zero-order valence-corrected chi connectivity index (χ0v) is 11.3. The highest BCUT2D eigenvalue weighted by Gasteiger charge is 2.14. The molecule has 1 aliphatic heterocycles. The third-order valence-corrected chi connectivity index (χ3v) is 3.83. The van der Waals surface area contributed by atoms with E-state index in [0.29, 0.717) is 0 Å². The maximum absolute atomic E-state index is 3.35. The molecule has 0 aliphatic carbocycles. The topological polar surface area (TPSA) is 12.0 Å². The first-order valence-electron chi connectivity index (χ1n) is 7.64. The highest BCUT2D eigenvalue weighted by Crippen LogP contribution is 2.15. The van der Waals surface area contributed by atoms with Crippen molar-refractivity contribution in [2.75, 3.05) is 13.1 Å². The molecule has 1 rings (SSSR count). The summed E-state index contributed by atoms with van der Waals surface area (Å²) in [4.78, 5) is 0. The van der Waals surface area contributed by atoms with Gasteiger partial charge in [0, 0.05) is 0 Å². The van der Waals surface area contributed by atoms with Gasteiger partial charge in [0.05, 0.1) is 0 Å². The van der Waals surface area contributed by atoms with Crippen molar-refractivity contribution >= 4 is 0 Å². The van der Waals surface area contributed by atoms with Gasteiger partial charge < -0.3 is 5.32 Å². The van der Waals surface area contributed by atoms with E-state index in [0.717, 1.165) is 5.92 Å². The third kappa shape index (κ3) is 7.27. The van der Waals surface area contributed by atoms with Crippen LogP contribution >= 0.6 is 0 Å². The molecule has 1 fully saturated rings. The first-order valence-corrected chi connectivity index (χ1v) is 7.64. The molecule has 96 valence electrons. The third-order valence-electron chi connectivity index (χ3n) is 3.83. The molecule has 1 N–H and O–H groups in total. The quantitative estimate of drug-likeness (QED) is 0.510. The smallest absolute Gasteiger partial charge is 0.000826 e. The Morgan fingerprint density at radius 1 is 0.750 bits per heavy atom. The lowest BCUT2D eigenvalue weighted by Gasteiger charge is -2.26. The van der Waals surface area contributed by atoms with Crippen molar-refractivity contribution in [1.29, 1.82) is 0 Å². The van der Waals surface area contributed by atoms with Gasteiger partial charge in [0.1, 0.15) is 0 Å². The SMILES string of the molecule is CCCCCCCCCCCCC1CNC1. The van der Waals surface area contributed by atoms with Gasteiger partial charge in [0.2, 0.25) is 0 Å². The summed E-state index contributed by atoms with van der Waals surface area (Å²) in [5, 5.41) is 3.35. The molecule has 1 heteroatoms. The Hall–Kier alpha value is -0.0400. The molecule has 1 saturated heterocycles. The van der Waals surface area contributed by atoms with E-state index in [9.17, 15) is 0 Å². The summed E-state index contributed by atoms with van der Waals surface area (Å²) in [6.07, 6.45) is 16.1. The van der Waals surface area contributed by atoms with Crippen LogP contribution in [0.5, 0.6) is 0 Å². The Bertz CT molecular complexity index is 140. The summed E-state index contributed by atoms with van der Waals surface area (Å²) >= 11 is 0. The summed E-state index contributed by atoms with van der Waals surface area (Å²) < 4.78 is 0. The molecule has 0 amide bonds. The van der Waals surface area contributed by atoms with Gasteiger partial charge in [-0.25, -0.2) is 0 Å². The lowest BCUT2D eigenvalue weighted by molar-refractivity contribution is 0.316. The second kappa shape index (κ2) is 10.1. The van der Waals surface area contributed by atoms with Gasteiger partial charge >= 0.3 is 0 Å². The van der Waals surface area contributed by atoms with Gasteiger partial charge in [-0.05, 0) is 25.4 Å². The van der Waals surface area contributed by atoms with Crippen LogP contribution < -0.4 is 5.32 Å². The molecule has 1 aliphatic rings. The van der Waals surface area contributed by atoms with Crippen LogP contribution in [0, 0.1) is 5.92 Å². The molecule has 0 atom stereocenters. The summed E-state index contributed by atoms with van der Waals surface area (Å²) in [6, 6.07) is 0. The molecule has 1 heterocycles. The zero-order chi connectivity index (χ0) is 11.5. The molecule has 0 unspecified atom stereocenters. The van der Waals surface area contributed by atoms with E-state index >= 15 is 0 Å². The Morgan fingerprint density at radius 2 is 1.25 bits per heavy atom. The first kappa shape index (κ1) is 14.0. The summed E-state index contributed by atoms with van der Waals surface area (Å²) in [5.74, 6) is 1.02. The molecule has 0 aromatic heterocycles. The van der Waals surface area contributed by atoms with E-state index in [4.69, 9.17) is 0 Å². The van der Waals surface area contributed by atoms with Crippen LogP contribution in [0.4, 0.5) is 0 Å². The summed E-state index contributed by atoms with van der Waals surface area (Å²) in [5.41, 5.74) is 0. The monoisotopic (exact) mass is 225 g/mol. The minimum Gasteiger partial charge on any atom is -0.316 e. The normalized spacial score (nSPS) is 16.3. The van der Waals surface area contributed by atoms with E-state index < -0.39 is 0 Å². The van der Waals surface area contributed by atoms with Crippen LogP contribution in [0.3, 0.4) is 0 Å². The molecule has 0 spiro atoms. The molecule has 1 nitrogen and oxygen atoms in total. The van der Waals surface area contributed by atoms with Crippen molar-refractivity contribution in [3.63, 3.8) is 0 Å². The Balaban J connectivity index is 1.65. The highest BCUT2D eigenvalue weighted by atomic mass is 14.9. The van der Waals surface area contributed by atoms with Crippen LogP contribution in [0.25, 0.3) is 0 Å². The molecule has 0 aromatic carbocycles. The molecule has 0 bridgehead atoms. The first-order chi connectivity index (χ1) is 7.93. The van der Waals surface area contributed by atoms with Gasteiger partial charge in [0.25, 0.3) is 0 Å². The van der Waals surface area contributed by atoms with Crippen molar-refractivity contribution in [1.82, 2.24) is 5.32 Å². The fourth-order valence-corrected chi connectivity index (χ4v) is 2.47. The van der Waals surface area contributed by atoms with Crippen molar-refractivity contribution in [2.45, 2.75) is 77.6 Å². The molecule has 16 heavy (non-hydrogen) atoms. The van der Waals surface area contributed by atoms with Crippen LogP contribution in [0.15, 0.2) is 0 Å². The van der Waals surface area contributed by atoms with Crippen molar-refractivity contribution < 1.29 is 0 Å². The predicted molar refractivity (Wildman–Crippen MR) is 72.8 cm³/mol. The van der Waals surface area contributed by atoms with Crippen LogP contribution in [-0.4, -0.2) is 13.1 Å². The number of nitrogens with one attached hydrogen (secondary N) is 1. The predicted octanol–water partition coefficient (Wildman–Crippen LogP) is 4.52. The van der Waals surface area contributed by atoms with Gasteiger partial charge in [0.15, 0.2) is 0 Å². The van der Waals surface area contributed by atoms with Gasteiger partial charge in [-0.2, -0.15) is 0 Å². The standard InChI is InChI=1S/C15H31N/c1-2-3-4-5-6-7-8-9-10-11-12-15-13-16-14-15/h15-16H,2-14H2,1H3. The molecule has 0 aromatic rings. The van der Waals surface area contributed by atoms with Crippen LogP contribution in [0.2, 0.25) is 0 Å². The highest BCUT2D eigenvalue weighted by molar-refractivity contribution is 4.73. The van der Waals surface area contributed by atoms with Crippen molar-refractivity contribution in [2.24, 2.45) is 5.92 Å². The fourth-order valence-electron chi connectivity index (χ4n) is 2.47. The molecule has 0 saturated carbocycles. The Kier molecular flexibility index (Phi) is 8.88. The average Bonchev–Trinajstić information content (AvgIpc) is 2.23. The summed E-state index contributed by atoms with van der Waals surface area (Å²) in [6.45, 7) is 4.87. The molecular formula is C15H31N. The van der Waals surface area contributed by atoms with E-state index in [-0.39, 0.29) is 0 Å². The van der Waals surface area contributed by atoms with Crippen LogP contribution in [0.1, 0.15) is 77.6 Å². The molecule has 0 radical (unpaired) electrons. The maximum atomic E-state index is 3.35. The number of unbranched alkanes of at least 4 members (excludes halogenated alkanes) is 9. The van der Waals surface area contributed by atoms with E-state index in [1.807, 2.05) is 0 Å². The van der Waals surface area contributed by atoms with Crippen molar-refractivity contribution in [3.8, 4) is 0 Å².